The molecule has 2 fully saturated rings. The van der Waals surface area contributed by atoms with Crippen molar-refractivity contribution in [1.82, 2.24) is 5.06 Å². The van der Waals surface area contributed by atoms with Gasteiger partial charge in [0.15, 0.2) is 0 Å². The summed E-state index contributed by atoms with van der Waals surface area (Å²) >= 11 is 0. The van der Waals surface area contributed by atoms with Gasteiger partial charge < -0.3 is 5.11 Å². The van der Waals surface area contributed by atoms with E-state index in [0.29, 0.717) is 12.6 Å². The third kappa shape index (κ3) is 1.87. The number of aliphatic hydroxyl groups is 1. The summed E-state index contributed by atoms with van der Waals surface area (Å²) in [5, 5.41) is 11.5. The predicted octanol–water partition coefficient (Wildman–Crippen LogP) is 1.17. The first kappa shape index (κ1) is 9.44. The van der Waals surface area contributed by atoms with Crippen molar-refractivity contribution in [2.45, 2.75) is 44.8 Å². The molecule has 2 aliphatic rings. The minimum absolute atomic E-state index is 0.223. The topological polar surface area (TPSA) is 32.7 Å². The summed E-state index contributed by atoms with van der Waals surface area (Å²) in [6, 6.07) is 0.598. The highest BCUT2D eigenvalue weighted by Gasteiger charge is 2.39. The molecule has 1 saturated carbocycles. The van der Waals surface area contributed by atoms with Gasteiger partial charge in [-0.1, -0.05) is 13.3 Å². The molecule has 0 aromatic carbocycles. The molecule has 1 aliphatic heterocycles. The zero-order chi connectivity index (χ0) is 9.26. The van der Waals surface area contributed by atoms with Crippen molar-refractivity contribution < 1.29 is 9.94 Å². The maximum atomic E-state index is 9.52. The van der Waals surface area contributed by atoms with Crippen molar-refractivity contribution in [2.75, 3.05) is 13.2 Å². The van der Waals surface area contributed by atoms with Gasteiger partial charge in [-0.15, -0.1) is 0 Å². The van der Waals surface area contributed by atoms with E-state index in [-0.39, 0.29) is 6.10 Å². The zero-order valence-electron chi connectivity index (χ0n) is 8.28. The molecule has 0 amide bonds. The second-order valence-corrected chi connectivity index (χ2v) is 4.22. The molecule has 0 bridgehead atoms. The van der Waals surface area contributed by atoms with Crippen molar-refractivity contribution in [3.8, 4) is 0 Å². The van der Waals surface area contributed by atoms with Crippen molar-refractivity contribution in [1.29, 1.82) is 0 Å². The highest BCUT2D eigenvalue weighted by molar-refractivity contribution is 4.86. The van der Waals surface area contributed by atoms with Gasteiger partial charge in [-0.05, 0) is 19.3 Å². The monoisotopic (exact) mass is 185 g/mol. The van der Waals surface area contributed by atoms with Gasteiger partial charge in [-0.25, -0.2) is 0 Å². The van der Waals surface area contributed by atoms with Gasteiger partial charge >= 0.3 is 0 Å². The van der Waals surface area contributed by atoms with Crippen molar-refractivity contribution in [2.24, 2.45) is 5.92 Å². The maximum absolute atomic E-state index is 9.52. The van der Waals surface area contributed by atoms with E-state index < -0.39 is 0 Å². The molecule has 1 N–H and O–H groups in total. The Kier molecular flexibility index (Phi) is 2.86. The summed E-state index contributed by atoms with van der Waals surface area (Å²) in [5.41, 5.74) is 0. The molecule has 3 nitrogen and oxygen atoms in total. The summed E-state index contributed by atoms with van der Waals surface area (Å²) in [4.78, 5) is 5.57. The Morgan fingerprint density at radius 1 is 1.54 bits per heavy atom. The maximum Gasteiger partial charge on any atom is 0.0729 e. The second kappa shape index (κ2) is 3.95. The minimum atomic E-state index is -0.223. The van der Waals surface area contributed by atoms with E-state index in [4.69, 9.17) is 4.84 Å². The van der Waals surface area contributed by atoms with Crippen LogP contribution in [0.2, 0.25) is 0 Å². The van der Waals surface area contributed by atoms with Crippen LogP contribution in [0.5, 0.6) is 0 Å². The van der Waals surface area contributed by atoms with Gasteiger partial charge in [0.1, 0.15) is 0 Å². The summed E-state index contributed by atoms with van der Waals surface area (Å²) in [6.07, 6.45) is 4.48. The summed E-state index contributed by atoms with van der Waals surface area (Å²) < 4.78 is 0. The lowest BCUT2D eigenvalue weighted by Crippen LogP contribution is -2.35. The standard InChI is InChI=1S/C10H19NO2/c1-2-9(12)6-11-10-5-3-4-8(10)7-13-11/h8-10,12H,2-7H2,1H3/t8-,9-,10-/m1/s1. The molecule has 1 aliphatic carbocycles. The van der Waals surface area contributed by atoms with Crippen LogP contribution in [0.3, 0.4) is 0 Å². The normalized spacial score (nSPS) is 36.5. The Bertz CT molecular complexity index is 174. The molecule has 0 unspecified atom stereocenters. The van der Waals surface area contributed by atoms with E-state index >= 15 is 0 Å². The number of rotatable bonds is 3. The second-order valence-electron chi connectivity index (χ2n) is 4.22. The number of hydroxylamine groups is 2. The van der Waals surface area contributed by atoms with Crippen LogP contribution in [-0.4, -0.2) is 35.5 Å². The van der Waals surface area contributed by atoms with Gasteiger partial charge in [-0.2, -0.15) is 5.06 Å². The molecule has 0 radical (unpaired) electrons. The molecule has 3 heteroatoms. The fourth-order valence-electron chi connectivity index (χ4n) is 2.40. The van der Waals surface area contributed by atoms with Crippen molar-refractivity contribution in [3.05, 3.63) is 0 Å². The van der Waals surface area contributed by atoms with Gasteiger partial charge in [0.2, 0.25) is 0 Å². The largest absolute Gasteiger partial charge is 0.392 e. The van der Waals surface area contributed by atoms with Crippen LogP contribution in [0.4, 0.5) is 0 Å². The fraction of sp³-hybridized carbons (Fsp3) is 1.00. The highest BCUT2D eigenvalue weighted by Crippen LogP contribution is 2.35. The Morgan fingerprint density at radius 3 is 3.15 bits per heavy atom. The van der Waals surface area contributed by atoms with Gasteiger partial charge in [0, 0.05) is 12.0 Å². The average molecular weight is 185 g/mol. The third-order valence-electron chi connectivity index (χ3n) is 3.31. The van der Waals surface area contributed by atoms with E-state index in [2.05, 4.69) is 0 Å². The number of β-amino-alcohol motifs (C(OH)–C–C–N with tert-alkyl or cyclic N) is 1. The van der Waals surface area contributed by atoms with Crippen LogP contribution in [-0.2, 0) is 4.84 Å². The van der Waals surface area contributed by atoms with E-state index in [1.165, 1.54) is 19.3 Å². The lowest BCUT2D eigenvalue weighted by molar-refractivity contribution is -0.149. The molecular formula is C10H19NO2. The number of fused-ring (bicyclic) bond motifs is 1. The molecule has 0 aromatic rings. The number of hydrogen-bond acceptors (Lipinski definition) is 3. The number of nitrogens with zero attached hydrogens (tertiary/aromatic N) is 1. The molecule has 3 atom stereocenters. The molecule has 1 saturated heterocycles. The summed E-state index contributed by atoms with van der Waals surface area (Å²) in [5.74, 6) is 0.740. The fourth-order valence-corrected chi connectivity index (χ4v) is 2.40. The smallest absolute Gasteiger partial charge is 0.0729 e. The van der Waals surface area contributed by atoms with Gasteiger partial charge in [-0.3, -0.25) is 4.84 Å². The van der Waals surface area contributed by atoms with Gasteiger partial charge in [0.05, 0.1) is 19.3 Å². The Balaban J connectivity index is 1.86. The molecule has 0 aromatic heterocycles. The van der Waals surface area contributed by atoms with Crippen LogP contribution in [0.1, 0.15) is 32.6 Å². The molecule has 13 heavy (non-hydrogen) atoms. The average Bonchev–Trinajstić information content (AvgIpc) is 2.69. The molecule has 76 valence electrons. The Morgan fingerprint density at radius 2 is 2.38 bits per heavy atom. The molecule has 2 rings (SSSR count). The zero-order valence-corrected chi connectivity index (χ0v) is 8.28. The first-order chi connectivity index (χ1) is 6.31. The highest BCUT2D eigenvalue weighted by atomic mass is 16.7. The SMILES string of the molecule is CC[C@@H](O)CN1OC[C@H]2CCC[C@H]21. The first-order valence-electron chi connectivity index (χ1n) is 5.39. The molecular weight excluding hydrogens is 166 g/mol. The van der Waals surface area contributed by atoms with Crippen molar-refractivity contribution in [3.63, 3.8) is 0 Å². The van der Waals surface area contributed by atoms with Crippen LogP contribution in [0.15, 0.2) is 0 Å². The number of aliphatic hydroxyl groups excluding tert-OH is 1. The van der Waals surface area contributed by atoms with Crippen LogP contribution in [0, 0.1) is 5.92 Å². The van der Waals surface area contributed by atoms with E-state index in [1.54, 1.807) is 0 Å². The Labute approximate surface area is 79.6 Å². The summed E-state index contributed by atoms with van der Waals surface area (Å²) in [6.45, 7) is 3.58. The van der Waals surface area contributed by atoms with Crippen LogP contribution < -0.4 is 0 Å². The van der Waals surface area contributed by atoms with Crippen LogP contribution in [0.25, 0.3) is 0 Å². The quantitative estimate of drug-likeness (QED) is 0.716. The van der Waals surface area contributed by atoms with Gasteiger partial charge in [0.25, 0.3) is 0 Å². The first-order valence-corrected chi connectivity index (χ1v) is 5.39. The summed E-state index contributed by atoms with van der Waals surface area (Å²) in [7, 11) is 0. The molecule has 1 heterocycles. The predicted molar refractivity (Wildman–Crippen MR) is 50.1 cm³/mol. The molecule has 0 spiro atoms. The van der Waals surface area contributed by atoms with E-state index in [9.17, 15) is 5.11 Å². The van der Waals surface area contributed by atoms with E-state index in [1.807, 2.05) is 12.0 Å². The minimum Gasteiger partial charge on any atom is -0.392 e. The lowest BCUT2D eigenvalue weighted by Gasteiger charge is -2.23. The van der Waals surface area contributed by atoms with Crippen molar-refractivity contribution >= 4 is 0 Å². The van der Waals surface area contributed by atoms with E-state index in [0.717, 1.165) is 18.9 Å². The van der Waals surface area contributed by atoms with Crippen LogP contribution >= 0.6 is 0 Å². The lowest BCUT2D eigenvalue weighted by atomic mass is 10.1. The Hall–Kier alpha value is -0.120. The number of hydrogen-bond donors (Lipinski definition) is 1. The third-order valence-corrected chi connectivity index (χ3v) is 3.31.